The fourth-order valence-electron chi connectivity index (χ4n) is 1.83. The molecule has 3 aromatic rings. The molecule has 4 nitrogen and oxygen atoms in total. The number of amides is 1. The Morgan fingerprint density at radius 2 is 2.15 bits per heavy atom. The van der Waals surface area contributed by atoms with Crippen LogP contribution >= 0.6 is 11.6 Å². The van der Waals surface area contributed by atoms with Crippen LogP contribution in [-0.2, 0) is 0 Å². The fourth-order valence-corrected chi connectivity index (χ4v) is 2.01. The van der Waals surface area contributed by atoms with Crippen LogP contribution in [0.4, 0.5) is 10.1 Å². The van der Waals surface area contributed by atoms with Gasteiger partial charge in [-0.25, -0.2) is 9.37 Å². The van der Waals surface area contributed by atoms with Gasteiger partial charge in [-0.05, 0) is 30.3 Å². The summed E-state index contributed by atoms with van der Waals surface area (Å²) in [6.45, 7) is 0. The third kappa shape index (κ3) is 2.35. The highest BCUT2D eigenvalue weighted by Crippen LogP contribution is 2.20. The summed E-state index contributed by atoms with van der Waals surface area (Å²) < 4.78 is 14.8. The number of carbonyl (C=O) groups excluding carboxylic acids is 1. The van der Waals surface area contributed by atoms with Crippen LogP contribution in [0.15, 0.2) is 48.9 Å². The lowest BCUT2D eigenvalue weighted by molar-refractivity contribution is 0.102. The van der Waals surface area contributed by atoms with Gasteiger partial charge in [0.15, 0.2) is 0 Å². The first kappa shape index (κ1) is 12.6. The number of pyridine rings is 1. The molecule has 0 saturated heterocycles. The van der Waals surface area contributed by atoms with Crippen molar-refractivity contribution >= 4 is 28.8 Å². The first-order chi connectivity index (χ1) is 9.63. The van der Waals surface area contributed by atoms with Gasteiger partial charge in [-0.2, -0.15) is 0 Å². The number of benzene rings is 1. The Kier molecular flexibility index (Phi) is 3.12. The molecule has 0 radical (unpaired) electrons. The summed E-state index contributed by atoms with van der Waals surface area (Å²) in [5.41, 5.74) is 1.66. The van der Waals surface area contributed by atoms with E-state index in [1.165, 1.54) is 18.2 Å². The van der Waals surface area contributed by atoms with Crippen molar-refractivity contribution < 1.29 is 9.18 Å². The van der Waals surface area contributed by atoms with E-state index in [0.29, 0.717) is 11.3 Å². The van der Waals surface area contributed by atoms with Crippen molar-refractivity contribution in [3.63, 3.8) is 0 Å². The predicted octanol–water partition coefficient (Wildman–Crippen LogP) is 3.38. The third-order valence-electron chi connectivity index (χ3n) is 2.83. The van der Waals surface area contributed by atoms with Gasteiger partial charge >= 0.3 is 0 Å². The second-order valence-electron chi connectivity index (χ2n) is 4.19. The van der Waals surface area contributed by atoms with Gasteiger partial charge in [0.1, 0.15) is 11.5 Å². The minimum atomic E-state index is -0.524. The molecule has 0 aliphatic heterocycles. The van der Waals surface area contributed by atoms with E-state index >= 15 is 0 Å². The van der Waals surface area contributed by atoms with Crippen LogP contribution in [0.25, 0.3) is 5.65 Å². The molecule has 0 unspecified atom stereocenters. The number of rotatable bonds is 2. The molecular weight excluding hydrogens is 281 g/mol. The summed E-state index contributed by atoms with van der Waals surface area (Å²) in [5, 5.41) is 2.62. The number of aromatic nitrogens is 2. The maximum atomic E-state index is 13.0. The van der Waals surface area contributed by atoms with E-state index in [4.69, 9.17) is 11.6 Å². The molecular formula is C14H9ClFN3O. The predicted molar refractivity (Wildman–Crippen MR) is 74.6 cm³/mol. The van der Waals surface area contributed by atoms with Crippen molar-refractivity contribution in [2.45, 2.75) is 0 Å². The van der Waals surface area contributed by atoms with Gasteiger partial charge in [0, 0.05) is 24.3 Å². The van der Waals surface area contributed by atoms with Crippen LogP contribution in [0, 0.1) is 5.82 Å². The van der Waals surface area contributed by atoms with Crippen molar-refractivity contribution in [3.05, 3.63) is 65.3 Å². The Morgan fingerprint density at radius 3 is 2.95 bits per heavy atom. The number of halogens is 2. The molecule has 0 atom stereocenters. The third-order valence-corrected chi connectivity index (χ3v) is 3.12. The molecule has 6 heteroatoms. The van der Waals surface area contributed by atoms with E-state index in [0.717, 1.165) is 5.65 Å². The minimum Gasteiger partial charge on any atom is -0.322 e. The molecule has 3 rings (SSSR count). The van der Waals surface area contributed by atoms with Gasteiger partial charge in [0.25, 0.3) is 5.91 Å². The highest BCUT2D eigenvalue weighted by molar-refractivity contribution is 6.31. The largest absolute Gasteiger partial charge is 0.322 e. The topological polar surface area (TPSA) is 46.4 Å². The van der Waals surface area contributed by atoms with E-state index in [-0.39, 0.29) is 10.9 Å². The van der Waals surface area contributed by atoms with Gasteiger partial charge in [0.2, 0.25) is 0 Å². The van der Waals surface area contributed by atoms with E-state index in [9.17, 15) is 9.18 Å². The number of carbonyl (C=O) groups is 1. The number of hydrogen-bond acceptors (Lipinski definition) is 2. The average Bonchev–Trinajstić information content (AvgIpc) is 2.90. The summed E-state index contributed by atoms with van der Waals surface area (Å²) >= 11 is 5.67. The molecule has 1 aromatic carbocycles. The lowest BCUT2D eigenvalue weighted by Gasteiger charge is -2.06. The molecule has 0 bridgehead atoms. The van der Waals surface area contributed by atoms with Gasteiger partial charge in [-0.3, -0.25) is 4.79 Å². The molecule has 0 saturated carbocycles. The monoisotopic (exact) mass is 289 g/mol. The number of nitrogens with one attached hydrogen (secondary N) is 1. The molecule has 0 spiro atoms. The SMILES string of the molecule is O=C(Nc1ccc(F)c(Cl)c1)c1ccc2nccn2c1. The highest BCUT2D eigenvalue weighted by atomic mass is 35.5. The zero-order valence-corrected chi connectivity index (χ0v) is 10.9. The average molecular weight is 290 g/mol. The maximum absolute atomic E-state index is 13.0. The normalized spacial score (nSPS) is 10.7. The van der Waals surface area contributed by atoms with E-state index < -0.39 is 5.82 Å². The first-order valence-electron chi connectivity index (χ1n) is 5.82. The first-order valence-corrected chi connectivity index (χ1v) is 6.20. The van der Waals surface area contributed by atoms with E-state index in [1.54, 1.807) is 35.1 Å². The minimum absolute atomic E-state index is 0.0344. The number of fused-ring (bicyclic) bond motifs is 1. The number of nitrogens with zero attached hydrogens (tertiary/aromatic N) is 2. The Balaban J connectivity index is 1.86. The highest BCUT2D eigenvalue weighted by Gasteiger charge is 2.08. The van der Waals surface area contributed by atoms with Crippen molar-refractivity contribution in [1.82, 2.24) is 9.38 Å². The number of anilines is 1. The van der Waals surface area contributed by atoms with Crippen molar-refractivity contribution in [1.29, 1.82) is 0 Å². The zero-order valence-electron chi connectivity index (χ0n) is 10.2. The second kappa shape index (κ2) is 4.94. The van der Waals surface area contributed by atoms with Crippen molar-refractivity contribution in [2.75, 3.05) is 5.32 Å². The molecule has 1 amide bonds. The Morgan fingerprint density at radius 1 is 1.30 bits per heavy atom. The Bertz CT molecular complexity index is 800. The van der Waals surface area contributed by atoms with Crippen LogP contribution in [0.5, 0.6) is 0 Å². The smallest absolute Gasteiger partial charge is 0.257 e. The van der Waals surface area contributed by atoms with E-state index in [1.807, 2.05) is 0 Å². The number of hydrogen-bond donors (Lipinski definition) is 1. The Hall–Kier alpha value is -2.40. The standard InChI is InChI=1S/C14H9ClFN3O/c15-11-7-10(2-3-12(11)16)18-14(20)9-1-4-13-17-5-6-19(13)8-9/h1-8H,(H,18,20). The summed E-state index contributed by atoms with van der Waals surface area (Å²) in [6.07, 6.45) is 5.07. The number of imidazole rings is 1. The lowest BCUT2D eigenvalue weighted by atomic mass is 10.2. The van der Waals surface area contributed by atoms with Gasteiger partial charge in [-0.1, -0.05) is 11.6 Å². The van der Waals surface area contributed by atoms with E-state index in [2.05, 4.69) is 10.3 Å². The van der Waals surface area contributed by atoms with Crippen LogP contribution in [0.2, 0.25) is 5.02 Å². The molecule has 1 N–H and O–H groups in total. The summed E-state index contributed by atoms with van der Waals surface area (Å²) in [6, 6.07) is 7.44. The van der Waals surface area contributed by atoms with Crippen LogP contribution in [0.1, 0.15) is 10.4 Å². The molecule has 2 aromatic heterocycles. The summed E-state index contributed by atoms with van der Waals surface area (Å²) in [4.78, 5) is 16.2. The maximum Gasteiger partial charge on any atom is 0.257 e. The molecule has 0 fully saturated rings. The van der Waals surface area contributed by atoms with Crippen molar-refractivity contribution in [2.24, 2.45) is 0 Å². The molecule has 20 heavy (non-hydrogen) atoms. The molecule has 100 valence electrons. The molecule has 2 heterocycles. The summed E-state index contributed by atoms with van der Waals surface area (Å²) in [5.74, 6) is -0.826. The molecule has 0 aliphatic carbocycles. The Labute approximate surface area is 118 Å². The lowest BCUT2D eigenvalue weighted by Crippen LogP contribution is -2.12. The fraction of sp³-hybridized carbons (Fsp3) is 0. The molecule has 0 aliphatic rings. The summed E-state index contributed by atoms with van der Waals surface area (Å²) in [7, 11) is 0. The quantitative estimate of drug-likeness (QED) is 0.786. The zero-order chi connectivity index (χ0) is 14.1. The van der Waals surface area contributed by atoms with Crippen LogP contribution in [-0.4, -0.2) is 15.3 Å². The van der Waals surface area contributed by atoms with Gasteiger partial charge in [0.05, 0.1) is 10.6 Å². The van der Waals surface area contributed by atoms with Gasteiger partial charge < -0.3 is 9.72 Å². The van der Waals surface area contributed by atoms with Gasteiger partial charge in [-0.15, -0.1) is 0 Å². The van der Waals surface area contributed by atoms with Crippen LogP contribution < -0.4 is 5.32 Å². The van der Waals surface area contributed by atoms with Crippen molar-refractivity contribution in [3.8, 4) is 0 Å². The van der Waals surface area contributed by atoms with Crippen LogP contribution in [0.3, 0.4) is 0 Å². The second-order valence-corrected chi connectivity index (χ2v) is 4.60.